The molecule has 0 radical (unpaired) electrons. The number of carbonyl (C=O) groups is 3. The molecule has 7 heteroatoms. The van der Waals surface area contributed by atoms with Gasteiger partial charge in [-0.05, 0) is 32.5 Å². The third-order valence-corrected chi connectivity index (χ3v) is 5.86. The average Bonchev–Trinajstić information content (AvgIpc) is 2.94. The minimum Gasteiger partial charge on any atom is -0.368 e. The number of rotatable bonds is 2. The summed E-state index contributed by atoms with van der Waals surface area (Å²) >= 11 is 0. The fourth-order valence-electron chi connectivity index (χ4n) is 4.13. The van der Waals surface area contributed by atoms with Crippen LogP contribution in [-0.4, -0.2) is 66.3 Å². The summed E-state index contributed by atoms with van der Waals surface area (Å²) in [7, 11) is 2.13. The number of amides is 3. The highest BCUT2D eigenvalue weighted by atomic mass is 16.2. The molecule has 7 nitrogen and oxygen atoms in total. The molecule has 0 aliphatic carbocycles. The lowest BCUT2D eigenvalue weighted by Gasteiger charge is -2.39. The summed E-state index contributed by atoms with van der Waals surface area (Å²) in [5.74, 6) is -0.738. The van der Waals surface area contributed by atoms with E-state index in [1.165, 1.54) is 0 Å². The number of piperazine rings is 1. The number of nitrogens with zero attached hydrogens (tertiary/aromatic N) is 3. The first kappa shape index (κ1) is 17.0. The van der Waals surface area contributed by atoms with Crippen LogP contribution in [0.1, 0.15) is 35.7 Å². The summed E-state index contributed by atoms with van der Waals surface area (Å²) in [6, 6.07) is 5.71. The number of imide groups is 1. The zero-order chi connectivity index (χ0) is 18.4. The molecule has 1 N–H and O–H groups in total. The van der Waals surface area contributed by atoms with Crippen molar-refractivity contribution >= 4 is 23.4 Å². The molecule has 3 aliphatic heterocycles. The van der Waals surface area contributed by atoms with E-state index in [0.29, 0.717) is 24.6 Å². The van der Waals surface area contributed by atoms with Gasteiger partial charge in [-0.3, -0.25) is 19.7 Å². The maximum atomic E-state index is 12.9. The number of carbonyl (C=O) groups excluding carboxylic acids is 3. The van der Waals surface area contributed by atoms with Gasteiger partial charge in [0.25, 0.3) is 5.91 Å². The Bertz CT molecular complexity index is 778. The highest BCUT2D eigenvalue weighted by molar-refractivity contribution is 6.06. The SMILES string of the molecule is CC1CN(c2cccc3c2CN(C2CCC(=O)NC2=O)C3=O)CCN1C. The van der Waals surface area contributed by atoms with Gasteiger partial charge in [-0.1, -0.05) is 6.07 Å². The van der Waals surface area contributed by atoms with Gasteiger partial charge in [0.15, 0.2) is 0 Å². The number of hydrogen-bond acceptors (Lipinski definition) is 5. The molecule has 0 aromatic heterocycles. The molecule has 0 spiro atoms. The number of anilines is 1. The van der Waals surface area contributed by atoms with E-state index in [9.17, 15) is 14.4 Å². The Kier molecular flexibility index (Phi) is 4.19. The quantitative estimate of drug-likeness (QED) is 0.785. The van der Waals surface area contributed by atoms with Crippen LogP contribution in [0.15, 0.2) is 18.2 Å². The van der Waals surface area contributed by atoms with Crippen LogP contribution in [0, 0.1) is 0 Å². The zero-order valence-electron chi connectivity index (χ0n) is 15.2. The Morgan fingerprint density at radius 1 is 1.15 bits per heavy atom. The molecular weight excluding hydrogens is 332 g/mol. The molecule has 2 fully saturated rings. The minimum atomic E-state index is -0.563. The van der Waals surface area contributed by atoms with Gasteiger partial charge in [0, 0.05) is 55.5 Å². The second kappa shape index (κ2) is 6.39. The molecule has 3 amide bonds. The van der Waals surface area contributed by atoms with Gasteiger partial charge < -0.3 is 14.7 Å². The summed E-state index contributed by atoms with van der Waals surface area (Å²) in [6.07, 6.45) is 0.671. The molecule has 26 heavy (non-hydrogen) atoms. The van der Waals surface area contributed by atoms with Crippen molar-refractivity contribution in [2.75, 3.05) is 31.6 Å². The number of piperidine rings is 1. The molecule has 1 aromatic rings. The van der Waals surface area contributed by atoms with E-state index in [1.807, 2.05) is 12.1 Å². The summed E-state index contributed by atoms with van der Waals surface area (Å²) in [6.45, 7) is 5.45. The van der Waals surface area contributed by atoms with E-state index in [2.05, 4.69) is 35.2 Å². The Labute approximate surface area is 152 Å². The van der Waals surface area contributed by atoms with E-state index < -0.39 is 6.04 Å². The number of hydrogen-bond donors (Lipinski definition) is 1. The van der Waals surface area contributed by atoms with Gasteiger partial charge in [0.2, 0.25) is 11.8 Å². The van der Waals surface area contributed by atoms with E-state index in [0.717, 1.165) is 30.9 Å². The Morgan fingerprint density at radius 3 is 2.69 bits per heavy atom. The number of benzene rings is 1. The van der Waals surface area contributed by atoms with Gasteiger partial charge in [-0.2, -0.15) is 0 Å². The second-order valence-corrected chi connectivity index (χ2v) is 7.48. The van der Waals surface area contributed by atoms with Crippen LogP contribution < -0.4 is 10.2 Å². The molecule has 2 saturated heterocycles. The van der Waals surface area contributed by atoms with Crippen molar-refractivity contribution in [3.8, 4) is 0 Å². The lowest BCUT2D eigenvalue weighted by Crippen LogP contribution is -2.52. The van der Waals surface area contributed by atoms with Crippen LogP contribution >= 0.6 is 0 Å². The van der Waals surface area contributed by atoms with E-state index in [1.54, 1.807) is 4.90 Å². The first-order valence-electron chi connectivity index (χ1n) is 9.17. The van der Waals surface area contributed by atoms with Crippen molar-refractivity contribution in [2.45, 2.75) is 38.4 Å². The van der Waals surface area contributed by atoms with Crippen molar-refractivity contribution in [2.24, 2.45) is 0 Å². The summed E-state index contributed by atoms with van der Waals surface area (Å²) < 4.78 is 0. The zero-order valence-corrected chi connectivity index (χ0v) is 15.2. The third-order valence-electron chi connectivity index (χ3n) is 5.86. The predicted molar refractivity (Wildman–Crippen MR) is 96.8 cm³/mol. The fourth-order valence-corrected chi connectivity index (χ4v) is 4.13. The van der Waals surface area contributed by atoms with Crippen molar-refractivity contribution in [3.63, 3.8) is 0 Å². The molecule has 0 saturated carbocycles. The highest BCUT2D eigenvalue weighted by Crippen LogP contribution is 2.34. The van der Waals surface area contributed by atoms with Crippen LogP contribution in [0.4, 0.5) is 5.69 Å². The van der Waals surface area contributed by atoms with E-state index >= 15 is 0 Å². The maximum Gasteiger partial charge on any atom is 0.255 e. The lowest BCUT2D eigenvalue weighted by molar-refractivity contribution is -0.136. The summed E-state index contributed by atoms with van der Waals surface area (Å²) in [4.78, 5) is 42.8. The Hall–Kier alpha value is -2.41. The average molecular weight is 356 g/mol. The normalized spacial score (nSPS) is 26.9. The molecule has 3 heterocycles. The standard InChI is InChI=1S/C19H24N4O3/c1-12-10-22(9-8-21(12)2)15-5-3-4-13-14(15)11-23(19(13)26)16-6-7-17(24)20-18(16)25/h3-5,12,16H,6-11H2,1-2H3,(H,20,24,25). The van der Waals surface area contributed by atoms with Crippen LogP contribution in [0.3, 0.4) is 0 Å². The molecule has 4 rings (SSSR count). The van der Waals surface area contributed by atoms with Gasteiger partial charge in [-0.15, -0.1) is 0 Å². The van der Waals surface area contributed by atoms with Gasteiger partial charge in [0.05, 0.1) is 0 Å². The number of fused-ring (bicyclic) bond motifs is 1. The van der Waals surface area contributed by atoms with Crippen molar-refractivity contribution in [1.29, 1.82) is 0 Å². The Morgan fingerprint density at radius 2 is 1.96 bits per heavy atom. The van der Waals surface area contributed by atoms with Gasteiger partial charge in [0.1, 0.15) is 6.04 Å². The largest absolute Gasteiger partial charge is 0.368 e. The van der Waals surface area contributed by atoms with Crippen molar-refractivity contribution in [3.05, 3.63) is 29.3 Å². The topological polar surface area (TPSA) is 73.0 Å². The van der Waals surface area contributed by atoms with Crippen LogP contribution in [0.5, 0.6) is 0 Å². The molecule has 138 valence electrons. The first-order valence-corrected chi connectivity index (χ1v) is 9.17. The van der Waals surface area contributed by atoms with Crippen molar-refractivity contribution < 1.29 is 14.4 Å². The first-order chi connectivity index (χ1) is 12.5. The molecule has 0 bridgehead atoms. The van der Waals surface area contributed by atoms with E-state index in [4.69, 9.17) is 0 Å². The van der Waals surface area contributed by atoms with Gasteiger partial charge >= 0.3 is 0 Å². The Balaban J connectivity index is 1.60. The number of nitrogens with one attached hydrogen (secondary N) is 1. The van der Waals surface area contributed by atoms with Crippen LogP contribution in [0.2, 0.25) is 0 Å². The van der Waals surface area contributed by atoms with E-state index in [-0.39, 0.29) is 24.1 Å². The van der Waals surface area contributed by atoms with Crippen molar-refractivity contribution in [1.82, 2.24) is 15.1 Å². The third kappa shape index (κ3) is 2.76. The highest BCUT2D eigenvalue weighted by Gasteiger charge is 2.40. The second-order valence-electron chi connectivity index (χ2n) is 7.48. The number of likely N-dealkylation sites (N-methyl/N-ethyl adjacent to an activating group) is 1. The molecule has 2 atom stereocenters. The summed E-state index contributed by atoms with van der Waals surface area (Å²) in [5, 5.41) is 2.35. The van der Waals surface area contributed by atoms with Crippen LogP contribution in [-0.2, 0) is 16.1 Å². The molecule has 2 unspecified atom stereocenters. The molecular formula is C19H24N4O3. The monoisotopic (exact) mass is 356 g/mol. The molecule has 3 aliphatic rings. The minimum absolute atomic E-state index is 0.112. The van der Waals surface area contributed by atoms with Crippen LogP contribution in [0.25, 0.3) is 0 Å². The smallest absolute Gasteiger partial charge is 0.255 e. The maximum absolute atomic E-state index is 12.9. The van der Waals surface area contributed by atoms with Gasteiger partial charge in [-0.25, -0.2) is 0 Å². The lowest BCUT2D eigenvalue weighted by atomic mass is 10.0. The summed E-state index contributed by atoms with van der Waals surface area (Å²) in [5.41, 5.74) is 2.77. The molecule has 1 aromatic carbocycles. The fraction of sp³-hybridized carbons (Fsp3) is 0.526. The predicted octanol–water partition coefficient (Wildman–Crippen LogP) is 0.588.